The molecule has 0 aromatic heterocycles. The van der Waals surface area contributed by atoms with Gasteiger partial charge in [0.15, 0.2) is 0 Å². The Morgan fingerprint density at radius 1 is 1.06 bits per heavy atom. The van der Waals surface area contributed by atoms with E-state index in [0.717, 1.165) is 0 Å². The molecule has 0 aliphatic carbocycles. The van der Waals surface area contributed by atoms with E-state index in [1.807, 2.05) is 0 Å². The van der Waals surface area contributed by atoms with Crippen LogP contribution in [0.1, 0.15) is 62.3 Å². The average molecular weight is 233 g/mol. The molecule has 0 saturated heterocycles. The number of unbranched alkanes of at least 4 members (excludes halogenated alkanes) is 1. The van der Waals surface area contributed by atoms with Crippen molar-refractivity contribution in [2.75, 3.05) is 0 Å². The summed E-state index contributed by atoms with van der Waals surface area (Å²) in [5, 5.41) is 0. The van der Waals surface area contributed by atoms with Crippen LogP contribution in [-0.2, 0) is 0 Å². The first kappa shape index (κ1) is 14.2. The molecule has 96 valence electrons. The minimum Gasteiger partial charge on any atom is -0.324 e. The summed E-state index contributed by atoms with van der Waals surface area (Å²) in [6, 6.07) is 6.90. The minimum absolute atomic E-state index is 0.199. The summed E-state index contributed by atoms with van der Waals surface area (Å²) in [7, 11) is 0. The Hall–Kier alpha value is -0.820. The summed E-state index contributed by atoms with van der Waals surface area (Å²) in [6.45, 7) is 8.80. The molecule has 0 aliphatic rings. The third-order valence-corrected chi connectivity index (χ3v) is 3.59. The number of nitrogens with two attached hydrogens (primary N) is 1. The van der Waals surface area contributed by atoms with Gasteiger partial charge >= 0.3 is 0 Å². The Labute approximate surface area is 106 Å². The Morgan fingerprint density at radius 2 is 1.65 bits per heavy atom. The molecule has 1 aromatic carbocycles. The molecule has 17 heavy (non-hydrogen) atoms. The molecular formula is C16H27N. The first-order valence-electron chi connectivity index (χ1n) is 6.92. The van der Waals surface area contributed by atoms with E-state index in [4.69, 9.17) is 5.73 Å². The van der Waals surface area contributed by atoms with Crippen LogP contribution in [0.15, 0.2) is 18.2 Å². The van der Waals surface area contributed by atoms with Crippen LogP contribution in [0.4, 0.5) is 0 Å². The van der Waals surface area contributed by atoms with Gasteiger partial charge in [-0.2, -0.15) is 0 Å². The molecular weight excluding hydrogens is 206 g/mol. The zero-order valence-corrected chi connectivity index (χ0v) is 11.8. The van der Waals surface area contributed by atoms with Crippen LogP contribution < -0.4 is 5.73 Å². The molecule has 0 saturated carbocycles. The van der Waals surface area contributed by atoms with Crippen molar-refractivity contribution in [1.29, 1.82) is 0 Å². The van der Waals surface area contributed by atoms with Gasteiger partial charge in [0.2, 0.25) is 0 Å². The Bertz CT molecular complexity index is 323. The van der Waals surface area contributed by atoms with Gasteiger partial charge in [-0.3, -0.25) is 0 Å². The van der Waals surface area contributed by atoms with Crippen LogP contribution in [0.5, 0.6) is 0 Å². The molecule has 2 unspecified atom stereocenters. The van der Waals surface area contributed by atoms with Crippen LogP contribution in [0, 0.1) is 19.8 Å². The molecule has 2 atom stereocenters. The van der Waals surface area contributed by atoms with Crippen LogP contribution >= 0.6 is 0 Å². The topological polar surface area (TPSA) is 26.0 Å². The average Bonchev–Trinajstić information content (AvgIpc) is 2.28. The number of benzene rings is 1. The van der Waals surface area contributed by atoms with Crippen LogP contribution in [0.2, 0.25) is 0 Å². The predicted molar refractivity (Wildman–Crippen MR) is 76.2 cm³/mol. The monoisotopic (exact) mass is 233 g/mol. The summed E-state index contributed by atoms with van der Waals surface area (Å²) in [6.07, 6.45) is 4.97. The Morgan fingerprint density at radius 3 is 2.12 bits per heavy atom. The molecule has 0 amide bonds. The van der Waals surface area contributed by atoms with E-state index in [1.54, 1.807) is 0 Å². The fourth-order valence-corrected chi connectivity index (χ4v) is 2.58. The van der Waals surface area contributed by atoms with Crippen molar-refractivity contribution in [3.05, 3.63) is 34.9 Å². The van der Waals surface area contributed by atoms with Gasteiger partial charge in [-0.25, -0.2) is 0 Å². The van der Waals surface area contributed by atoms with E-state index < -0.39 is 0 Å². The van der Waals surface area contributed by atoms with Crippen molar-refractivity contribution < 1.29 is 0 Å². The zero-order valence-electron chi connectivity index (χ0n) is 11.8. The second-order valence-electron chi connectivity index (χ2n) is 5.26. The maximum absolute atomic E-state index is 6.43. The molecule has 1 aromatic rings. The van der Waals surface area contributed by atoms with Gasteiger partial charge in [-0.1, -0.05) is 62.4 Å². The van der Waals surface area contributed by atoms with Crippen LogP contribution in [0.3, 0.4) is 0 Å². The lowest BCUT2D eigenvalue weighted by Gasteiger charge is -2.23. The van der Waals surface area contributed by atoms with Gasteiger partial charge in [-0.05, 0) is 31.7 Å². The molecule has 0 radical (unpaired) electrons. The van der Waals surface area contributed by atoms with E-state index in [1.165, 1.54) is 42.4 Å². The summed E-state index contributed by atoms with van der Waals surface area (Å²) in [5.41, 5.74) is 10.4. The minimum atomic E-state index is 0.199. The molecule has 0 bridgehead atoms. The van der Waals surface area contributed by atoms with E-state index in [9.17, 15) is 0 Å². The lowest BCUT2D eigenvalue weighted by Crippen LogP contribution is -2.21. The highest BCUT2D eigenvalue weighted by Crippen LogP contribution is 2.28. The maximum atomic E-state index is 6.43. The maximum Gasteiger partial charge on any atom is 0.0323 e. The third-order valence-electron chi connectivity index (χ3n) is 3.59. The fourth-order valence-electron chi connectivity index (χ4n) is 2.58. The third kappa shape index (κ3) is 4.16. The highest BCUT2D eigenvalue weighted by Gasteiger charge is 2.17. The standard InChI is InChI=1S/C16H27N/c1-5-7-8-14(6-2)16(17)15-10-12(3)9-13(4)11-15/h9-11,14,16H,5-8,17H2,1-4H3. The number of hydrogen-bond donors (Lipinski definition) is 1. The first-order valence-corrected chi connectivity index (χ1v) is 6.92. The second-order valence-corrected chi connectivity index (χ2v) is 5.26. The zero-order chi connectivity index (χ0) is 12.8. The fraction of sp³-hybridized carbons (Fsp3) is 0.625. The van der Waals surface area contributed by atoms with Crippen molar-refractivity contribution >= 4 is 0 Å². The largest absolute Gasteiger partial charge is 0.324 e. The van der Waals surface area contributed by atoms with Gasteiger partial charge in [0.25, 0.3) is 0 Å². The van der Waals surface area contributed by atoms with Crippen LogP contribution in [0.25, 0.3) is 0 Å². The van der Waals surface area contributed by atoms with Crippen molar-refractivity contribution in [3.63, 3.8) is 0 Å². The molecule has 1 nitrogen and oxygen atoms in total. The lowest BCUT2D eigenvalue weighted by atomic mass is 9.86. The predicted octanol–water partition coefficient (Wildman–Crippen LogP) is 4.52. The second kappa shape index (κ2) is 6.80. The van der Waals surface area contributed by atoms with E-state index in [-0.39, 0.29) is 6.04 Å². The molecule has 0 aliphatic heterocycles. The molecule has 1 rings (SSSR count). The van der Waals surface area contributed by atoms with E-state index in [2.05, 4.69) is 45.9 Å². The number of hydrogen-bond acceptors (Lipinski definition) is 1. The first-order chi connectivity index (χ1) is 8.08. The summed E-state index contributed by atoms with van der Waals surface area (Å²) in [4.78, 5) is 0. The van der Waals surface area contributed by atoms with Gasteiger partial charge in [-0.15, -0.1) is 0 Å². The normalized spacial score (nSPS) is 14.6. The quantitative estimate of drug-likeness (QED) is 0.768. The number of rotatable bonds is 6. The van der Waals surface area contributed by atoms with Crippen molar-refractivity contribution in [2.45, 2.75) is 59.4 Å². The molecule has 0 heterocycles. The smallest absolute Gasteiger partial charge is 0.0323 e. The van der Waals surface area contributed by atoms with Crippen LogP contribution in [-0.4, -0.2) is 0 Å². The molecule has 2 N–H and O–H groups in total. The van der Waals surface area contributed by atoms with Gasteiger partial charge < -0.3 is 5.73 Å². The van der Waals surface area contributed by atoms with E-state index >= 15 is 0 Å². The summed E-state index contributed by atoms with van der Waals surface area (Å²) < 4.78 is 0. The van der Waals surface area contributed by atoms with Crippen molar-refractivity contribution in [1.82, 2.24) is 0 Å². The highest BCUT2D eigenvalue weighted by atomic mass is 14.6. The highest BCUT2D eigenvalue weighted by molar-refractivity contribution is 5.30. The number of aryl methyl sites for hydroxylation is 2. The summed E-state index contributed by atoms with van der Waals surface area (Å²) >= 11 is 0. The van der Waals surface area contributed by atoms with Crippen molar-refractivity contribution in [3.8, 4) is 0 Å². The molecule has 1 heteroatoms. The Balaban J connectivity index is 2.81. The Kier molecular flexibility index (Phi) is 5.70. The van der Waals surface area contributed by atoms with Gasteiger partial charge in [0.1, 0.15) is 0 Å². The van der Waals surface area contributed by atoms with Crippen molar-refractivity contribution in [2.24, 2.45) is 11.7 Å². The molecule has 0 spiro atoms. The van der Waals surface area contributed by atoms with Gasteiger partial charge in [0.05, 0.1) is 0 Å². The SMILES string of the molecule is CCCCC(CC)C(N)c1cc(C)cc(C)c1. The summed E-state index contributed by atoms with van der Waals surface area (Å²) in [5.74, 6) is 0.621. The molecule has 0 fully saturated rings. The van der Waals surface area contributed by atoms with Gasteiger partial charge in [0, 0.05) is 6.04 Å². The van der Waals surface area contributed by atoms with E-state index in [0.29, 0.717) is 5.92 Å². The lowest BCUT2D eigenvalue weighted by molar-refractivity contribution is 0.378.